The number of nitrogens with zero attached hydrogens (tertiary/aromatic N) is 1. The molecule has 1 unspecified atom stereocenters. The Hall–Kier alpha value is -0.820. The second kappa shape index (κ2) is 7.45. The third-order valence-electron chi connectivity index (χ3n) is 3.62. The number of anilines is 1. The lowest BCUT2D eigenvalue weighted by molar-refractivity contribution is 0.262. The van der Waals surface area contributed by atoms with Crippen LogP contribution >= 0.6 is 11.6 Å². The highest BCUT2D eigenvalue weighted by molar-refractivity contribution is 7.90. The molecule has 1 aliphatic rings. The number of nitrogens with one attached hydrogen (secondary N) is 2. The Labute approximate surface area is 131 Å². The van der Waals surface area contributed by atoms with Gasteiger partial charge in [-0.05, 0) is 44.0 Å². The highest BCUT2D eigenvalue weighted by atomic mass is 35.5. The maximum Gasteiger partial charge on any atom is 0.301 e. The summed E-state index contributed by atoms with van der Waals surface area (Å²) in [6, 6.07) is 6.87. The third kappa shape index (κ3) is 4.57. The van der Waals surface area contributed by atoms with Gasteiger partial charge in [-0.3, -0.25) is 4.72 Å². The maximum atomic E-state index is 12.5. The Bertz CT molecular complexity index is 565. The molecule has 0 spiro atoms. The number of para-hydroxylation sites is 1. The van der Waals surface area contributed by atoms with E-state index in [0.717, 1.165) is 25.9 Å². The first-order chi connectivity index (χ1) is 10.0. The van der Waals surface area contributed by atoms with Crippen LogP contribution in [-0.4, -0.2) is 38.9 Å². The van der Waals surface area contributed by atoms with Gasteiger partial charge in [0.05, 0.1) is 10.7 Å². The summed E-state index contributed by atoms with van der Waals surface area (Å²) >= 11 is 6.01. The van der Waals surface area contributed by atoms with Gasteiger partial charge >= 0.3 is 10.2 Å². The van der Waals surface area contributed by atoms with Gasteiger partial charge in [0.15, 0.2) is 0 Å². The van der Waals surface area contributed by atoms with E-state index in [9.17, 15) is 8.42 Å². The highest BCUT2D eigenvalue weighted by Crippen LogP contribution is 2.24. The Morgan fingerprint density at radius 3 is 2.86 bits per heavy atom. The number of benzene rings is 1. The zero-order valence-electron chi connectivity index (χ0n) is 12.2. The third-order valence-corrected chi connectivity index (χ3v) is 5.44. The number of hydrogen-bond acceptors (Lipinski definition) is 3. The van der Waals surface area contributed by atoms with Crippen LogP contribution in [0.15, 0.2) is 24.3 Å². The molecule has 5 nitrogen and oxygen atoms in total. The maximum absolute atomic E-state index is 12.5. The fourth-order valence-corrected chi connectivity index (χ4v) is 4.11. The van der Waals surface area contributed by atoms with Gasteiger partial charge in [0.1, 0.15) is 0 Å². The fourth-order valence-electron chi connectivity index (χ4n) is 2.51. The quantitative estimate of drug-likeness (QED) is 0.841. The molecule has 1 aromatic carbocycles. The molecule has 1 aliphatic heterocycles. The van der Waals surface area contributed by atoms with Crippen molar-refractivity contribution in [3.8, 4) is 0 Å². The smallest absolute Gasteiger partial charge is 0.301 e. The SMILES string of the molecule is CCNCC1CCCN(S(=O)(=O)Nc2ccccc2Cl)C1. The summed E-state index contributed by atoms with van der Waals surface area (Å²) in [6.07, 6.45) is 1.95. The minimum atomic E-state index is -3.55. The van der Waals surface area contributed by atoms with Crippen molar-refractivity contribution in [2.45, 2.75) is 19.8 Å². The lowest BCUT2D eigenvalue weighted by Gasteiger charge is -2.32. The van der Waals surface area contributed by atoms with Gasteiger partial charge in [-0.15, -0.1) is 0 Å². The van der Waals surface area contributed by atoms with Crippen LogP contribution in [0.4, 0.5) is 5.69 Å². The van der Waals surface area contributed by atoms with Crippen LogP contribution in [0, 0.1) is 5.92 Å². The number of piperidine rings is 1. The summed E-state index contributed by atoms with van der Waals surface area (Å²) < 4.78 is 29.0. The van der Waals surface area contributed by atoms with E-state index < -0.39 is 10.2 Å². The topological polar surface area (TPSA) is 61.4 Å². The van der Waals surface area contributed by atoms with E-state index in [1.165, 1.54) is 4.31 Å². The Balaban J connectivity index is 2.03. The van der Waals surface area contributed by atoms with Crippen molar-refractivity contribution < 1.29 is 8.42 Å². The monoisotopic (exact) mass is 331 g/mol. The van der Waals surface area contributed by atoms with Crippen LogP contribution in [-0.2, 0) is 10.2 Å². The minimum Gasteiger partial charge on any atom is -0.317 e. The van der Waals surface area contributed by atoms with Crippen molar-refractivity contribution in [2.75, 3.05) is 30.9 Å². The first-order valence-corrected chi connectivity index (χ1v) is 9.08. The molecule has 0 saturated carbocycles. The Morgan fingerprint density at radius 1 is 1.38 bits per heavy atom. The molecule has 2 rings (SSSR count). The molecule has 1 saturated heterocycles. The van der Waals surface area contributed by atoms with E-state index in [1.54, 1.807) is 24.3 Å². The molecule has 2 N–H and O–H groups in total. The summed E-state index contributed by atoms with van der Waals surface area (Å²) in [4.78, 5) is 0. The number of rotatable bonds is 6. The molecule has 118 valence electrons. The average Bonchev–Trinajstić information content (AvgIpc) is 2.48. The van der Waals surface area contributed by atoms with Crippen LogP contribution in [0.2, 0.25) is 5.02 Å². The van der Waals surface area contributed by atoms with Gasteiger partial charge < -0.3 is 5.32 Å². The van der Waals surface area contributed by atoms with Crippen LogP contribution in [0.1, 0.15) is 19.8 Å². The van der Waals surface area contributed by atoms with Gasteiger partial charge in [-0.1, -0.05) is 30.7 Å². The molecular formula is C14H22ClN3O2S. The molecule has 0 bridgehead atoms. The molecule has 1 atom stereocenters. The fraction of sp³-hybridized carbons (Fsp3) is 0.571. The van der Waals surface area contributed by atoms with Crippen LogP contribution in [0.3, 0.4) is 0 Å². The van der Waals surface area contributed by atoms with Crippen molar-refractivity contribution in [3.63, 3.8) is 0 Å². The van der Waals surface area contributed by atoms with Crippen LogP contribution in [0.25, 0.3) is 0 Å². The lowest BCUT2D eigenvalue weighted by atomic mass is 10.00. The summed E-state index contributed by atoms with van der Waals surface area (Å²) in [6.45, 7) is 4.92. The standard InChI is InChI=1S/C14H22ClN3O2S/c1-2-16-10-12-6-5-9-18(11-12)21(19,20)17-14-8-4-3-7-13(14)15/h3-4,7-8,12,16-17H,2,5-6,9-11H2,1H3. The predicted octanol–water partition coefficient (Wildman–Crippen LogP) is 2.32. The molecule has 0 amide bonds. The predicted molar refractivity (Wildman–Crippen MR) is 86.8 cm³/mol. The summed E-state index contributed by atoms with van der Waals surface area (Å²) in [5, 5.41) is 3.69. The Morgan fingerprint density at radius 2 is 2.14 bits per heavy atom. The van der Waals surface area contributed by atoms with Crippen molar-refractivity contribution in [3.05, 3.63) is 29.3 Å². The van der Waals surface area contributed by atoms with Gasteiger partial charge in [0.25, 0.3) is 0 Å². The largest absolute Gasteiger partial charge is 0.317 e. The van der Waals surface area contributed by atoms with Crippen molar-refractivity contribution in [1.29, 1.82) is 0 Å². The second-order valence-corrected chi connectivity index (χ2v) is 7.34. The van der Waals surface area contributed by atoms with Crippen molar-refractivity contribution in [2.24, 2.45) is 5.92 Å². The van der Waals surface area contributed by atoms with E-state index in [1.807, 2.05) is 0 Å². The normalized spacial score (nSPS) is 20.4. The average molecular weight is 332 g/mol. The molecule has 0 aliphatic carbocycles. The zero-order valence-corrected chi connectivity index (χ0v) is 13.8. The van der Waals surface area contributed by atoms with Crippen LogP contribution < -0.4 is 10.0 Å². The van der Waals surface area contributed by atoms with Crippen molar-refractivity contribution in [1.82, 2.24) is 9.62 Å². The molecular weight excluding hydrogens is 310 g/mol. The van der Waals surface area contributed by atoms with Crippen molar-refractivity contribution >= 4 is 27.5 Å². The van der Waals surface area contributed by atoms with E-state index in [-0.39, 0.29) is 0 Å². The second-order valence-electron chi connectivity index (χ2n) is 5.26. The number of hydrogen-bond donors (Lipinski definition) is 2. The zero-order chi connectivity index (χ0) is 15.3. The summed E-state index contributed by atoms with van der Waals surface area (Å²) in [7, 11) is -3.55. The minimum absolute atomic E-state index is 0.363. The van der Waals surface area contributed by atoms with E-state index in [4.69, 9.17) is 11.6 Å². The van der Waals surface area contributed by atoms with Gasteiger partial charge in [-0.2, -0.15) is 12.7 Å². The summed E-state index contributed by atoms with van der Waals surface area (Å²) in [5.41, 5.74) is 0.424. The highest BCUT2D eigenvalue weighted by Gasteiger charge is 2.28. The molecule has 7 heteroatoms. The van der Waals surface area contributed by atoms with Gasteiger partial charge in [0.2, 0.25) is 0 Å². The summed E-state index contributed by atoms with van der Waals surface area (Å²) in [5.74, 6) is 0.363. The first-order valence-electron chi connectivity index (χ1n) is 7.26. The lowest BCUT2D eigenvalue weighted by Crippen LogP contribution is -2.45. The molecule has 0 radical (unpaired) electrons. The number of halogens is 1. The molecule has 1 aromatic rings. The van der Waals surface area contributed by atoms with E-state index >= 15 is 0 Å². The molecule has 0 aromatic heterocycles. The molecule has 1 heterocycles. The Kier molecular flexibility index (Phi) is 5.87. The van der Waals surface area contributed by atoms with Gasteiger partial charge in [0, 0.05) is 13.1 Å². The first kappa shape index (κ1) is 16.5. The van der Waals surface area contributed by atoms with Gasteiger partial charge in [-0.25, -0.2) is 0 Å². The van der Waals surface area contributed by atoms with Crippen LogP contribution in [0.5, 0.6) is 0 Å². The van der Waals surface area contributed by atoms with E-state index in [0.29, 0.717) is 29.7 Å². The molecule has 21 heavy (non-hydrogen) atoms. The molecule has 1 fully saturated rings. The van der Waals surface area contributed by atoms with E-state index in [2.05, 4.69) is 17.0 Å².